The predicted molar refractivity (Wildman–Crippen MR) is 222 cm³/mol. The third-order valence-corrected chi connectivity index (χ3v) is 11.2. The molecule has 0 aromatic heterocycles. The number of aliphatic hydroxyl groups is 3. The minimum atomic E-state index is -1.07. The Morgan fingerprint density at radius 1 is 0.392 bits per heavy atom. The molecule has 1 amide bonds. The second-order valence-corrected chi connectivity index (χ2v) is 16.3. The number of nitrogens with one attached hydrogen (secondary N) is 1. The maximum atomic E-state index is 12.5. The molecule has 0 spiro atoms. The molecule has 0 saturated carbocycles. The molecule has 5 nitrogen and oxygen atoms in total. The summed E-state index contributed by atoms with van der Waals surface area (Å²) in [4.78, 5) is 12.5. The van der Waals surface area contributed by atoms with E-state index < -0.39 is 24.2 Å². The highest BCUT2D eigenvalue weighted by Gasteiger charge is 2.23. The van der Waals surface area contributed by atoms with Crippen LogP contribution in [0, 0.1) is 0 Å². The van der Waals surface area contributed by atoms with Crippen molar-refractivity contribution in [3.63, 3.8) is 0 Å². The van der Waals surface area contributed by atoms with E-state index in [1.807, 2.05) is 0 Å². The number of unbranched alkanes of at least 4 members (excludes halogenated alkanes) is 35. The molecule has 3 atom stereocenters. The first-order chi connectivity index (χ1) is 25.1. The molecule has 0 aliphatic rings. The maximum Gasteiger partial charge on any atom is 0.249 e. The molecule has 0 heterocycles. The SMILES string of the molecule is CCCCCCCCCCCCCCCCCCCCCCCC(O)C(CO)NC(=O)C(O)CCCCCCCCCCCCCCCCCC. The molecule has 0 bridgehead atoms. The van der Waals surface area contributed by atoms with Crippen LogP contribution in [-0.4, -0.2) is 46.1 Å². The molecule has 0 saturated heterocycles. The summed E-state index contributed by atoms with van der Waals surface area (Å²) >= 11 is 0. The third kappa shape index (κ3) is 37.5. The summed E-state index contributed by atoms with van der Waals surface area (Å²) in [7, 11) is 0. The van der Waals surface area contributed by atoms with Crippen molar-refractivity contribution in [3.8, 4) is 0 Å². The summed E-state index contributed by atoms with van der Waals surface area (Å²) in [5, 5.41) is 33.4. The number of hydrogen-bond acceptors (Lipinski definition) is 4. The fourth-order valence-corrected chi connectivity index (χ4v) is 7.55. The van der Waals surface area contributed by atoms with E-state index in [9.17, 15) is 20.1 Å². The van der Waals surface area contributed by atoms with Crippen molar-refractivity contribution < 1.29 is 20.1 Å². The Morgan fingerprint density at radius 2 is 0.627 bits per heavy atom. The second-order valence-electron chi connectivity index (χ2n) is 16.3. The van der Waals surface area contributed by atoms with Crippen LogP contribution >= 0.6 is 0 Å². The van der Waals surface area contributed by atoms with Crippen molar-refractivity contribution in [1.82, 2.24) is 5.32 Å². The predicted octanol–water partition coefficient (Wildman–Crippen LogP) is 13.4. The smallest absolute Gasteiger partial charge is 0.249 e. The Balaban J connectivity index is 3.55. The van der Waals surface area contributed by atoms with Crippen molar-refractivity contribution in [1.29, 1.82) is 0 Å². The fourth-order valence-electron chi connectivity index (χ4n) is 7.55. The first-order valence-corrected chi connectivity index (χ1v) is 23.3. The summed E-state index contributed by atoms with van der Waals surface area (Å²) in [6.45, 7) is 4.26. The first kappa shape index (κ1) is 50.4. The molecule has 0 aliphatic heterocycles. The van der Waals surface area contributed by atoms with E-state index in [2.05, 4.69) is 19.2 Å². The zero-order valence-electron chi connectivity index (χ0n) is 34.8. The van der Waals surface area contributed by atoms with Gasteiger partial charge in [0.1, 0.15) is 6.10 Å². The highest BCUT2D eigenvalue weighted by atomic mass is 16.3. The Bertz CT molecular complexity index is 674. The summed E-state index contributed by atoms with van der Waals surface area (Å²) in [6.07, 6.45) is 48.2. The number of hydrogen-bond donors (Lipinski definition) is 4. The van der Waals surface area contributed by atoms with Gasteiger partial charge in [-0.3, -0.25) is 4.79 Å². The molecule has 0 rings (SSSR count). The Kier molecular flexibility index (Phi) is 41.6. The molecule has 306 valence electrons. The van der Waals surface area contributed by atoms with Crippen LogP contribution in [0.4, 0.5) is 0 Å². The van der Waals surface area contributed by atoms with E-state index in [1.165, 1.54) is 205 Å². The van der Waals surface area contributed by atoms with Crippen LogP contribution in [0.1, 0.15) is 264 Å². The van der Waals surface area contributed by atoms with Crippen molar-refractivity contribution >= 4 is 5.91 Å². The number of aliphatic hydroxyl groups excluding tert-OH is 3. The van der Waals surface area contributed by atoms with Crippen molar-refractivity contribution in [2.75, 3.05) is 6.61 Å². The van der Waals surface area contributed by atoms with Crippen molar-refractivity contribution in [2.24, 2.45) is 0 Å². The zero-order chi connectivity index (χ0) is 37.3. The van der Waals surface area contributed by atoms with Crippen LogP contribution in [-0.2, 0) is 4.79 Å². The summed E-state index contributed by atoms with van der Waals surface area (Å²) < 4.78 is 0. The van der Waals surface area contributed by atoms with Gasteiger partial charge in [-0.15, -0.1) is 0 Å². The average molecular weight is 724 g/mol. The highest BCUT2D eigenvalue weighted by molar-refractivity contribution is 5.80. The van der Waals surface area contributed by atoms with Gasteiger partial charge in [-0.25, -0.2) is 0 Å². The largest absolute Gasteiger partial charge is 0.394 e. The van der Waals surface area contributed by atoms with Crippen LogP contribution in [0.5, 0.6) is 0 Å². The molecular weight excluding hydrogens is 631 g/mol. The quantitative estimate of drug-likeness (QED) is 0.0472. The van der Waals surface area contributed by atoms with Gasteiger partial charge in [0.15, 0.2) is 0 Å². The number of amides is 1. The van der Waals surface area contributed by atoms with E-state index in [0.717, 1.165) is 32.1 Å². The fraction of sp³-hybridized carbons (Fsp3) is 0.978. The molecule has 0 fully saturated rings. The van der Waals surface area contributed by atoms with Gasteiger partial charge in [0.25, 0.3) is 0 Å². The van der Waals surface area contributed by atoms with Gasteiger partial charge < -0.3 is 20.6 Å². The molecule has 4 N–H and O–H groups in total. The molecule has 0 aromatic carbocycles. The van der Waals surface area contributed by atoms with E-state index >= 15 is 0 Å². The van der Waals surface area contributed by atoms with E-state index in [1.54, 1.807) is 0 Å². The van der Waals surface area contributed by atoms with E-state index in [4.69, 9.17) is 0 Å². The van der Waals surface area contributed by atoms with Crippen LogP contribution in [0.15, 0.2) is 0 Å². The van der Waals surface area contributed by atoms with Gasteiger partial charge >= 0.3 is 0 Å². The lowest BCUT2D eigenvalue weighted by Gasteiger charge is -2.23. The average Bonchev–Trinajstić information content (AvgIpc) is 3.13. The maximum absolute atomic E-state index is 12.5. The highest BCUT2D eigenvalue weighted by Crippen LogP contribution is 2.17. The lowest BCUT2D eigenvalue weighted by atomic mass is 10.0. The molecule has 0 aromatic rings. The zero-order valence-corrected chi connectivity index (χ0v) is 34.8. The van der Waals surface area contributed by atoms with Crippen molar-refractivity contribution in [2.45, 2.75) is 283 Å². The Labute approximate surface area is 319 Å². The molecule has 51 heavy (non-hydrogen) atoms. The standard InChI is InChI=1S/C46H93NO4/c1-3-5-7-9-11-13-15-17-19-21-22-23-24-25-27-28-30-32-34-36-38-40-44(49)43(42-48)47-46(51)45(50)41-39-37-35-33-31-29-26-20-18-16-14-12-10-8-6-4-2/h43-45,48-50H,3-42H2,1-2H3,(H,47,51). The monoisotopic (exact) mass is 724 g/mol. The third-order valence-electron chi connectivity index (χ3n) is 11.2. The van der Waals surface area contributed by atoms with Gasteiger partial charge in [0, 0.05) is 0 Å². The molecule has 3 unspecified atom stereocenters. The molecular formula is C46H93NO4. The normalized spacial score (nSPS) is 13.4. The summed E-state index contributed by atoms with van der Waals surface area (Å²) in [6, 6.07) is -0.706. The Morgan fingerprint density at radius 3 is 0.882 bits per heavy atom. The number of carbonyl (C=O) groups excluding carboxylic acids is 1. The second kappa shape index (κ2) is 42.1. The summed E-state index contributed by atoms with van der Waals surface area (Å²) in [5.74, 6) is -0.465. The van der Waals surface area contributed by atoms with Gasteiger partial charge in [-0.2, -0.15) is 0 Å². The van der Waals surface area contributed by atoms with Gasteiger partial charge in [-0.05, 0) is 12.8 Å². The van der Waals surface area contributed by atoms with Crippen LogP contribution in [0.2, 0.25) is 0 Å². The Hall–Kier alpha value is -0.650. The number of carbonyl (C=O) groups is 1. The van der Waals surface area contributed by atoms with Gasteiger partial charge in [-0.1, -0.05) is 251 Å². The van der Waals surface area contributed by atoms with Crippen LogP contribution in [0.3, 0.4) is 0 Å². The van der Waals surface area contributed by atoms with E-state index in [-0.39, 0.29) is 6.61 Å². The first-order valence-electron chi connectivity index (χ1n) is 23.3. The van der Waals surface area contributed by atoms with Gasteiger partial charge in [0.2, 0.25) is 5.91 Å². The molecule has 0 radical (unpaired) electrons. The lowest BCUT2D eigenvalue weighted by Crippen LogP contribution is -2.49. The summed E-state index contributed by atoms with van der Waals surface area (Å²) in [5.41, 5.74) is 0. The number of rotatable bonds is 43. The minimum absolute atomic E-state index is 0.308. The molecule has 5 heteroatoms. The van der Waals surface area contributed by atoms with Crippen molar-refractivity contribution in [3.05, 3.63) is 0 Å². The topological polar surface area (TPSA) is 89.8 Å². The molecule has 0 aliphatic carbocycles. The van der Waals surface area contributed by atoms with Crippen LogP contribution in [0.25, 0.3) is 0 Å². The minimum Gasteiger partial charge on any atom is -0.394 e. The van der Waals surface area contributed by atoms with Crippen LogP contribution < -0.4 is 5.32 Å². The lowest BCUT2D eigenvalue weighted by molar-refractivity contribution is -0.131. The van der Waals surface area contributed by atoms with E-state index in [0.29, 0.717) is 12.8 Å². The van der Waals surface area contributed by atoms with Gasteiger partial charge in [0.05, 0.1) is 18.8 Å².